The number of aromatic nitrogens is 2. The number of carbonyl (C=O) groups excluding carboxylic acids is 1. The van der Waals surface area contributed by atoms with Crippen molar-refractivity contribution in [2.24, 2.45) is 0 Å². The van der Waals surface area contributed by atoms with Crippen molar-refractivity contribution in [1.29, 1.82) is 5.26 Å². The van der Waals surface area contributed by atoms with Crippen molar-refractivity contribution in [3.05, 3.63) is 18.2 Å². The number of amides is 1. The van der Waals surface area contributed by atoms with Crippen molar-refractivity contribution in [2.45, 2.75) is 32.2 Å². The van der Waals surface area contributed by atoms with Gasteiger partial charge in [0.1, 0.15) is 12.6 Å². The monoisotopic (exact) mass is 232 g/mol. The largest absolute Gasteiger partial charge is 0.341 e. The molecule has 0 saturated carbocycles. The van der Waals surface area contributed by atoms with Crippen molar-refractivity contribution in [1.82, 2.24) is 14.5 Å². The molecule has 2 heterocycles. The molecule has 0 unspecified atom stereocenters. The van der Waals surface area contributed by atoms with Gasteiger partial charge in [-0.25, -0.2) is 4.98 Å². The first-order chi connectivity index (χ1) is 8.31. The van der Waals surface area contributed by atoms with Gasteiger partial charge in [0.05, 0.1) is 0 Å². The highest BCUT2D eigenvalue weighted by Crippen LogP contribution is 2.10. The van der Waals surface area contributed by atoms with E-state index in [1.807, 2.05) is 11.0 Å². The van der Waals surface area contributed by atoms with Crippen molar-refractivity contribution >= 4 is 5.91 Å². The minimum atomic E-state index is 0.0846. The summed E-state index contributed by atoms with van der Waals surface area (Å²) >= 11 is 0. The fourth-order valence-electron chi connectivity index (χ4n) is 2.12. The standard InChI is InChI=1S/C12H16N4O/c13-9-11-14-5-8-16(11)10-12(17)15-6-3-1-2-4-7-15/h5,8H,1-4,6-7,10H2. The SMILES string of the molecule is N#Cc1nccn1CC(=O)N1CCCCCC1. The van der Waals surface area contributed by atoms with Gasteiger partial charge in [0.25, 0.3) is 0 Å². The van der Waals surface area contributed by atoms with Gasteiger partial charge in [-0.1, -0.05) is 12.8 Å². The Morgan fingerprint density at radius 1 is 1.35 bits per heavy atom. The van der Waals surface area contributed by atoms with Gasteiger partial charge >= 0.3 is 0 Å². The third-order valence-corrected chi connectivity index (χ3v) is 3.08. The zero-order valence-corrected chi connectivity index (χ0v) is 9.80. The molecule has 1 aliphatic heterocycles. The van der Waals surface area contributed by atoms with Crippen LogP contribution >= 0.6 is 0 Å². The molecule has 90 valence electrons. The van der Waals surface area contributed by atoms with Crippen molar-refractivity contribution in [2.75, 3.05) is 13.1 Å². The van der Waals surface area contributed by atoms with Gasteiger partial charge in [0.15, 0.2) is 0 Å². The average molecular weight is 232 g/mol. The van der Waals surface area contributed by atoms with E-state index in [1.54, 1.807) is 17.0 Å². The number of hydrogen-bond acceptors (Lipinski definition) is 3. The van der Waals surface area contributed by atoms with Crippen molar-refractivity contribution in [3.8, 4) is 6.07 Å². The molecule has 0 spiro atoms. The lowest BCUT2D eigenvalue weighted by Gasteiger charge is -2.20. The molecule has 0 atom stereocenters. The molecule has 1 aromatic heterocycles. The number of nitrogens with zero attached hydrogens (tertiary/aromatic N) is 4. The van der Waals surface area contributed by atoms with Crippen molar-refractivity contribution in [3.63, 3.8) is 0 Å². The molecule has 1 aromatic rings. The highest BCUT2D eigenvalue weighted by Gasteiger charge is 2.16. The Hall–Kier alpha value is -1.83. The average Bonchev–Trinajstić information content (AvgIpc) is 2.62. The van der Waals surface area contributed by atoms with Crippen LogP contribution in [-0.2, 0) is 11.3 Å². The minimum Gasteiger partial charge on any atom is -0.341 e. The van der Waals surface area contributed by atoms with Gasteiger partial charge in [-0.2, -0.15) is 5.26 Å². The van der Waals surface area contributed by atoms with E-state index in [9.17, 15) is 4.79 Å². The second kappa shape index (κ2) is 5.48. The van der Waals surface area contributed by atoms with E-state index >= 15 is 0 Å². The molecule has 1 saturated heterocycles. The lowest BCUT2D eigenvalue weighted by Crippen LogP contribution is -2.34. The predicted molar refractivity (Wildman–Crippen MR) is 62.0 cm³/mol. The molecule has 0 N–H and O–H groups in total. The number of nitriles is 1. The van der Waals surface area contributed by atoms with Crippen LogP contribution < -0.4 is 0 Å². The molecule has 0 aromatic carbocycles. The Bertz CT molecular complexity index is 424. The third-order valence-electron chi connectivity index (χ3n) is 3.08. The van der Waals surface area contributed by atoms with E-state index in [1.165, 1.54) is 12.8 Å². The molecular formula is C12H16N4O. The molecule has 0 aliphatic carbocycles. The molecule has 0 bridgehead atoms. The summed E-state index contributed by atoms with van der Waals surface area (Å²) in [6, 6.07) is 1.98. The Morgan fingerprint density at radius 3 is 2.71 bits per heavy atom. The molecule has 0 radical (unpaired) electrons. The molecule has 5 nitrogen and oxygen atoms in total. The summed E-state index contributed by atoms with van der Waals surface area (Å²) in [5.41, 5.74) is 0. The van der Waals surface area contributed by atoms with Gasteiger partial charge in [-0.3, -0.25) is 4.79 Å². The van der Waals surface area contributed by atoms with Gasteiger partial charge in [0.2, 0.25) is 11.7 Å². The minimum absolute atomic E-state index is 0.0846. The molecule has 1 fully saturated rings. The van der Waals surface area contributed by atoms with E-state index < -0.39 is 0 Å². The Kier molecular flexibility index (Phi) is 3.76. The van der Waals surface area contributed by atoms with Crippen molar-refractivity contribution < 1.29 is 4.79 Å². The van der Waals surface area contributed by atoms with Crippen LogP contribution in [0.1, 0.15) is 31.5 Å². The summed E-state index contributed by atoms with van der Waals surface area (Å²) in [6.45, 7) is 1.91. The van der Waals surface area contributed by atoms with Crippen LogP contribution in [-0.4, -0.2) is 33.4 Å². The highest BCUT2D eigenvalue weighted by atomic mass is 16.2. The summed E-state index contributed by atoms with van der Waals surface area (Å²) in [7, 11) is 0. The van der Waals surface area contributed by atoms with E-state index in [0.29, 0.717) is 5.82 Å². The summed E-state index contributed by atoms with van der Waals surface area (Å²) in [5, 5.41) is 8.82. The maximum atomic E-state index is 12.1. The van der Waals surface area contributed by atoms with Crippen LogP contribution in [0.3, 0.4) is 0 Å². The lowest BCUT2D eigenvalue weighted by atomic mass is 10.2. The van der Waals surface area contributed by atoms with E-state index in [2.05, 4.69) is 4.98 Å². The van der Waals surface area contributed by atoms with E-state index in [0.717, 1.165) is 25.9 Å². The predicted octanol–water partition coefficient (Wildman–Crippen LogP) is 1.16. The molecule has 1 aliphatic rings. The molecule has 2 rings (SSSR count). The van der Waals surface area contributed by atoms with Crippen LogP contribution in [0, 0.1) is 11.3 Å². The Balaban J connectivity index is 1.98. The molecule has 17 heavy (non-hydrogen) atoms. The summed E-state index contributed by atoms with van der Waals surface area (Å²) in [6.07, 6.45) is 7.81. The number of rotatable bonds is 2. The first-order valence-corrected chi connectivity index (χ1v) is 6.00. The maximum Gasteiger partial charge on any atom is 0.242 e. The van der Waals surface area contributed by atoms with E-state index in [4.69, 9.17) is 5.26 Å². The fourth-order valence-corrected chi connectivity index (χ4v) is 2.12. The van der Waals surface area contributed by atoms with Crippen LogP contribution in [0.15, 0.2) is 12.4 Å². The molecule has 5 heteroatoms. The number of carbonyl (C=O) groups is 1. The smallest absolute Gasteiger partial charge is 0.242 e. The zero-order valence-electron chi connectivity index (χ0n) is 9.80. The fraction of sp³-hybridized carbons (Fsp3) is 0.583. The second-order valence-corrected chi connectivity index (χ2v) is 4.29. The zero-order chi connectivity index (χ0) is 12.1. The molecular weight excluding hydrogens is 216 g/mol. The summed E-state index contributed by atoms with van der Waals surface area (Å²) in [4.78, 5) is 17.8. The first-order valence-electron chi connectivity index (χ1n) is 6.00. The van der Waals surface area contributed by atoms with Crippen LogP contribution in [0.5, 0.6) is 0 Å². The van der Waals surface area contributed by atoms with Crippen LogP contribution in [0.4, 0.5) is 0 Å². The number of hydrogen-bond donors (Lipinski definition) is 0. The maximum absolute atomic E-state index is 12.1. The van der Waals surface area contributed by atoms with Gasteiger partial charge in [0, 0.05) is 25.5 Å². The van der Waals surface area contributed by atoms with Gasteiger partial charge in [-0.15, -0.1) is 0 Å². The highest BCUT2D eigenvalue weighted by molar-refractivity contribution is 5.76. The van der Waals surface area contributed by atoms with E-state index in [-0.39, 0.29) is 12.5 Å². The second-order valence-electron chi connectivity index (χ2n) is 4.29. The topological polar surface area (TPSA) is 61.9 Å². The number of likely N-dealkylation sites (tertiary alicyclic amines) is 1. The summed E-state index contributed by atoms with van der Waals surface area (Å²) in [5.74, 6) is 0.384. The normalized spacial score (nSPS) is 16.3. The van der Waals surface area contributed by atoms with Crippen LogP contribution in [0.2, 0.25) is 0 Å². The van der Waals surface area contributed by atoms with Crippen LogP contribution in [0.25, 0.3) is 0 Å². The first kappa shape index (κ1) is 11.6. The third kappa shape index (κ3) is 2.84. The van der Waals surface area contributed by atoms with Gasteiger partial charge < -0.3 is 9.47 Å². The summed E-state index contributed by atoms with van der Waals surface area (Å²) < 4.78 is 1.60. The lowest BCUT2D eigenvalue weighted by molar-refractivity contribution is -0.131. The Morgan fingerprint density at radius 2 is 2.06 bits per heavy atom. The molecule has 1 amide bonds. The Labute approximate surface area is 101 Å². The quantitative estimate of drug-likeness (QED) is 0.768. The number of imidazole rings is 1. The van der Waals surface area contributed by atoms with Gasteiger partial charge in [-0.05, 0) is 12.8 Å².